The van der Waals surface area contributed by atoms with Gasteiger partial charge in [0.1, 0.15) is 11.3 Å². The van der Waals surface area contributed by atoms with Crippen LogP contribution < -0.4 is 11.1 Å². The van der Waals surface area contributed by atoms with Gasteiger partial charge < -0.3 is 11.1 Å². The third-order valence-electron chi connectivity index (χ3n) is 7.17. The quantitative estimate of drug-likeness (QED) is 0.306. The zero-order valence-electron chi connectivity index (χ0n) is 19.4. The zero-order valence-corrected chi connectivity index (χ0v) is 19.4. The van der Waals surface area contributed by atoms with Gasteiger partial charge in [0.05, 0.1) is 0 Å². The summed E-state index contributed by atoms with van der Waals surface area (Å²) in [5.74, 6) is 1.02. The standard InChI is InChI=1S/C29H28N6/c30-27-18-25(28-29(32-27)34-35-33-28)21(19-9-3-1-4-10-19)15-16-31-26-17-24(20-11-5-2-6-12-20)22-13-7-8-14-23(22)26/h1-14,18,21,24,26,31H,15-17H2,(H3,30,32,33,34,35)/t21-,24-,26-/m0/s1. The highest BCUT2D eigenvalue weighted by molar-refractivity contribution is 5.77. The van der Waals surface area contributed by atoms with Gasteiger partial charge in [-0.3, -0.25) is 0 Å². The van der Waals surface area contributed by atoms with E-state index in [-0.39, 0.29) is 5.92 Å². The van der Waals surface area contributed by atoms with Gasteiger partial charge in [0.25, 0.3) is 0 Å². The van der Waals surface area contributed by atoms with Crippen molar-refractivity contribution in [2.75, 3.05) is 12.3 Å². The van der Waals surface area contributed by atoms with Crippen LogP contribution in [0.1, 0.15) is 58.5 Å². The number of nitrogen functional groups attached to an aromatic ring is 1. The Morgan fingerprint density at radius 3 is 2.43 bits per heavy atom. The molecule has 2 aromatic heterocycles. The lowest BCUT2D eigenvalue weighted by atomic mass is 9.88. The fraction of sp³-hybridized carbons (Fsp3) is 0.207. The first-order chi connectivity index (χ1) is 17.3. The van der Waals surface area contributed by atoms with E-state index in [1.807, 2.05) is 12.1 Å². The lowest BCUT2D eigenvalue weighted by Gasteiger charge is -2.21. The van der Waals surface area contributed by atoms with Crippen LogP contribution in [-0.2, 0) is 0 Å². The summed E-state index contributed by atoms with van der Waals surface area (Å²) in [5, 5.41) is 15.0. The van der Waals surface area contributed by atoms with Crippen molar-refractivity contribution in [3.8, 4) is 0 Å². The Hall–Kier alpha value is -4.03. The van der Waals surface area contributed by atoms with Crippen molar-refractivity contribution in [1.82, 2.24) is 25.7 Å². The number of nitrogens with one attached hydrogen (secondary N) is 2. The fourth-order valence-corrected chi connectivity index (χ4v) is 5.57. The molecule has 1 aliphatic rings. The molecule has 0 unspecified atom stereocenters. The number of pyridine rings is 1. The maximum absolute atomic E-state index is 6.15. The molecule has 0 amide bonds. The molecule has 6 nitrogen and oxygen atoms in total. The van der Waals surface area contributed by atoms with Crippen molar-refractivity contribution in [3.05, 3.63) is 119 Å². The van der Waals surface area contributed by atoms with Crippen LogP contribution in [0.5, 0.6) is 0 Å². The largest absolute Gasteiger partial charge is 0.384 e. The average Bonchev–Trinajstić information content (AvgIpc) is 3.52. The third kappa shape index (κ3) is 4.17. The summed E-state index contributed by atoms with van der Waals surface area (Å²) in [6.07, 6.45) is 1.97. The molecule has 0 radical (unpaired) electrons. The number of nitrogens with zero attached hydrogens (tertiary/aromatic N) is 3. The van der Waals surface area contributed by atoms with Crippen LogP contribution in [0.25, 0.3) is 11.2 Å². The minimum atomic E-state index is 0.128. The third-order valence-corrected chi connectivity index (χ3v) is 7.17. The van der Waals surface area contributed by atoms with Crippen LogP contribution in [0.2, 0.25) is 0 Å². The molecule has 0 bridgehead atoms. The molecule has 174 valence electrons. The van der Waals surface area contributed by atoms with Crippen molar-refractivity contribution in [1.29, 1.82) is 0 Å². The van der Waals surface area contributed by atoms with Crippen LogP contribution in [0.15, 0.2) is 91.0 Å². The maximum Gasteiger partial charge on any atom is 0.178 e. The van der Waals surface area contributed by atoms with E-state index in [4.69, 9.17) is 5.73 Å². The number of hydrogen-bond acceptors (Lipinski definition) is 5. The van der Waals surface area contributed by atoms with Crippen molar-refractivity contribution in [2.24, 2.45) is 0 Å². The minimum absolute atomic E-state index is 0.128. The number of aromatic amines is 1. The SMILES string of the molecule is Nc1cc([C@@H](CCN[C@H]2C[C@@H](c3ccccc3)c3ccccc32)c2ccccc2)c2nn[nH]c2n1. The van der Waals surface area contributed by atoms with E-state index in [0.717, 1.165) is 30.5 Å². The Labute approximate surface area is 204 Å². The number of hydrogen-bond donors (Lipinski definition) is 3. The first-order valence-electron chi connectivity index (χ1n) is 12.2. The lowest BCUT2D eigenvalue weighted by molar-refractivity contribution is 0.495. The van der Waals surface area contributed by atoms with Crippen LogP contribution in [0.3, 0.4) is 0 Å². The minimum Gasteiger partial charge on any atom is -0.384 e. The van der Waals surface area contributed by atoms with E-state index in [2.05, 4.69) is 105 Å². The lowest BCUT2D eigenvalue weighted by Crippen LogP contribution is -2.22. The van der Waals surface area contributed by atoms with Gasteiger partial charge in [-0.1, -0.05) is 90.1 Å². The second-order valence-corrected chi connectivity index (χ2v) is 9.23. The summed E-state index contributed by atoms with van der Waals surface area (Å²) in [6.45, 7) is 0.863. The van der Waals surface area contributed by atoms with E-state index >= 15 is 0 Å². The normalized spacial score (nSPS) is 17.9. The molecule has 6 heteroatoms. The van der Waals surface area contributed by atoms with Gasteiger partial charge in [-0.05, 0) is 53.3 Å². The topological polar surface area (TPSA) is 92.5 Å². The molecule has 0 saturated carbocycles. The highest BCUT2D eigenvalue weighted by Crippen LogP contribution is 2.44. The number of aromatic nitrogens is 4. The molecule has 0 fully saturated rings. The highest BCUT2D eigenvalue weighted by atomic mass is 15.3. The number of rotatable bonds is 7. The summed E-state index contributed by atoms with van der Waals surface area (Å²) in [4.78, 5) is 4.36. The fourth-order valence-electron chi connectivity index (χ4n) is 5.57. The Bertz CT molecular complexity index is 1430. The molecule has 0 spiro atoms. The molecular weight excluding hydrogens is 432 g/mol. The van der Waals surface area contributed by atoms with Gasteiger partial charge in [0.2, 0.25) is 0 Å². The molecule has 2 heterocycles. The van der Waals surface area contributed by atoms with E-state index in [0.29, 0.717) is 23.4 Å². The first-order valence-corrected chi connectivity index (χ1v) is 12.2. The van der Waals surface area contributed by atoms with Gasteiger partial charge in [0.15, 0.2) is 5.65 Å². The molecule has 5 aromatic rings. The number of fused-ring (bicyclic) bond motifs is 2. The molecule has 3 atom stereocenters. The van der Waals surface area contributed by atoms with Crippen LogP contribution >= 0.6 is 0 Å². The Kier molecular flexibility index (Phi) is 5.72. The van der Waals surface area contributed by atoms with Gasteiger partial charge in [-0.25, -0.2) is 10.1 Å². The van der Waals surface area contributed by atoms with Gasteiger partial charge >= 0.3 is 0 Å². The molecule has 0 saturated heterocycles. The summed E-state index contributed by atoms with van der Waals surface area (Å²) >= 11 is 0. The molecule has 3 aromatic carbocycles. The van der Waals surface area contributed by atoms with E-state index in [1.54, 1.807) is 0 Å². The summed E-state index contributed by atoms with van der Waals surface area (Å²) < 4.78 is 0. The zero-order chi connectivity index (χ0) is 23.6. The van der Waals surface area contributed by atoms with E-state index in [9.17, 15) is 0 Å². The number of H-pyrrole nitrogens is 1. The van der Waals surface area contributed by atoms with E-state index < -0.39 is 0 Å². The Morgan fingerprint density at radius 1 is 0.914 bits per heavy atom. The Balaban J connectivity index is 1.26. The van der Waals surface area contributed by atoms with Crippen molar-refractivity contribution < 1.29 is 0 Å². The van der Waals surface area contributed by atoms with Crippen molar-refractivity contribution >= 4 is 17.0 Å². The van der Waals surface area contributed by atoms with Crippen molar-refractivity contribution in [3.63, 3.8) is 0 Å². The summed E-state index contributed by atoms with van der Waals surface area (Å²) in [6, 6.07) is 32.5. The molecular formula is C29H28N6. The van der Waals surface area contributed by atoms with Crippen LogP contribution in [0.4, 0.5) is 5.82 Å². The van der Waals surface area contributed by atoms with Gasteiger partial charge in [0, 0.05) is 17.9 Å². The molecule has 35 heavy (non-hydrogen) atoms. The smallest absolute Gasteiger partial charge is 0.178 e. The molecule has 6 rings (SSSR count). The maximum atomic E-state index is 6.15. The first kappa shape index (κ1) is 21.5. The Morgan fingerprint density at radius 2 is 1.63 bits per heavy atom. The molecule has 1 aliphatic carbocycles. The monoisotopic (exact) mass is 460 g/mol. The second kappa shape index (κ2) is 9.31. The molecule has 0 aliphatic heterocycles. The summed E-state index contributed by atoms with van der Waals surface area (Å²) in [5.41, 5.74) is 14.1. The number of nitrogens with two attached hydrogens (primary N) is 1. The second-order valence-electron chi connectivity index (χ2n) is 9.23. The average molecular weight is 461 g/mol. The van der Waals surface area contributed by atoms with Crippen molar-refractivity contribution in [2.45, 2.75) is 30.7 Å². The van der Waals surface area contributed by atoms with Crippen LogP contribution in [0, 0.1) is 0 Å². The molecule has 4 N–H and O–H groups in total. The van der Waals surface area contributed by atoms with Gasteiger partial charge in [-0.2, -0.15) is 0 Å². The highest BCUT2D eigenvalue weighted by Gasteiger charge is 2.31. The van der Waals surface area contributed by atoms with E-state index in [1.165, 1.54) is 22.3 Å². The van der Waals surface area contributed by atoms with Gasteiger partial charge in [-0.15, -0.1) is 5.10 Å². The number of anilines is 1. The predicted molar refractivity (Wildman–Crippen MR) is 139 cm³/mol. The predicted octanol–water partition coefficient (Wildman–Crippen LogP) is 5.32. The van der Waals surface area contributed by atoms with Crippen LogP contribution in [-0.4, -0.2) is 26.9 Å². The number of benzene rings is 3. The summed E-state index contributed by atoms with van der Waals surface area (Å²) in [7, 11) is 0.